The van der Waals surface area contributed by atoms with Gasteiger partial charge < -0.3 is 65.3 Å². The van der Waals surface area contributed by atoms with Gasteiger partial charge in [0.2, 0.25) is 11.8 Å². The van der Waals surface area contributed by atoms with Crippen LogP contribution in [-0.4, -0.2) is 136 Å². The molecule has 3 amide bonds. The molecule has 1 fully saturated rings. The van der Waals surface area contributed by atoms with Gasteiger partial charge in [-0.2, -0.15) is 0 Å². The highest BCUT2D eigenvalue weighted by Gasteiger charge is 2.28. The number of alkyl carbamates (subject to hydrolysis) is 1. The number of nitrogens with zero attached hydrogens (tertiary/aromatic N) is 1. The van der Waals surface area contributed by atoms with E-state index in [-0.39, 0.29) is 37.5 Å². The highest BCUT2D eigenvalue weighted by molar-refractivity contribution is 5.88. The molecule has 9 N–H and O–H groups in total. The van der Waals surface area contributed by atoms with Crippen LogP contribution in [0.5, 0.6) is 0 Å². The zero-order valence-corrected chi connectivity index (χ0v) is 35.7. The Morgan fingerprint density at radius 1 is 0.966 bits per heavy atom. The van der Waals surface area contributed by atoms with E-state index in [0.717, 1.165) is 11.1 Å². The van der Waals surface area contributed by atoms with E-state index in [0.29, 0.717) is 110 Å². The van der Waals surface area contributed by atoms with Gasteiger partial charge in [-0.15, -0.1) is 6.58 Å². The van der Waals surface area contributed by atoms with E-state index in [9.17, 15) is 24.6 Å². The van der Waals surface area contributed by atoms with Gasteiger partial charge in [-0.3, -0.25) is 9.59 Å². The fraction of sp³-hybridized carbons (Fsp3) is 0.690. The number of amides is 3. The zero-order valence-electron chi connectivity index (χ0n) is 35.7. The topological polar surface area (TPSA) is 238 Å². The van der Waals surface area contributed by atoms with Crippen molar-refractivity contribution in [1.29, 1.82) is 0 Å². The number of carbonyl (C=O) groups is 3. The summed E-state index contributed by atoms with van der Waals surface area (Å²) in [6.07, 6.45) is 5.62. The molecule has 0 saturated carbocycles. The minimum atomic E-state index is -0.718. The Kier molecular flexibility index (Phi) is 25.6. The van der Waals surface area contributed by atoms with E-state index in [2.05, 4.69) is 22.5 Å². The number of aliphatic hydroxyl groups is 2. The Morgan fingerprint density at radius 3 is 2.29 bits per heavy atom. The van der Waals surface area contributed by atoms with Crippen LogP contribution >= 0.6 is 0 Å². The Morgan fingerprint density at radius 2 is 1.64 bits per heavy atom. The lowest BCUT2D eigenvalue weighted by Crippen LogP contribution is -2.49. The van der Waals surface area contributed by atoms with Crippen molar-refractivity contribution >= 4 is 23.6 Å². The van der Waals surface area contributed by atoms with Gasteiger partial charge in [-0.25, -0.2) is 10.6 Å². The average molecular weight is 837 g/mol. The lowest BCUT2D eigenvalue weighted by Gasteiger charge is -2.32. The third kappa shape index (κ3) is 23.5. The van der Waals surface area contributed by atoms with E-state index >= 15 is 0 Å². The maximum Gasteiger partial charge on any atom is 0.407 e. The van der Waals surface area contributed by atoms with Crippen LogP contribution in [0.4, 0.5) is 4.79 Å². The molecule has 0 radical (unpaired) electrons. The maximum atomic E-state index is 13.0. The number of hydrogen-bond donors (Lipinski definition) is 7. The fourth-order valence-electron chi connectivity index (χ4n) is 5.94. The molecular formula is C42H72N6O11. The molecule has 0 aromatic heterocycles. The summed E-state index contributed by atoms with van der Waals surface area (Å²) in [7, 11) is 0. The smallest absolute Gasteiger partial charge is 0.407 e. The molecule has 336 valence electrons. The molecule has 59 heavy (non-hydrogen) atoms. The minimum absolute atomic E-state index is 0.145. The second kappa shape index (κ2) is 29.4. The summed E-state index contributed by atoms with van der Waals surface area (Å²) in [5, 5.41) is 29.2. The third-order valence-electron chi connectivity index (χ3n) is 9.15. The number of aliphatic hydroxyl groups excluding tert-OH is 2. The number of benzene rings is 1. The number of nitrogens with two attached hydrogens (primary N) is 2. The molecule has 0 aliphatic carbocycles. The maximum absolute atomic E-state index is 13.0. The van der Waals surface area contributed by atoms with Crippen LogP contribution in [0.15, 0.2) is 43.1 Å². The predicted molar refractivity (Wildman–Crippen MR) is 224 cm³/mol. The number of ether oxygens (including phenoxy) is 6. The number of rotatable bonds is 30. The average Bonchev–Trinajstić information content (AvgIpc) is 3.18. The summed E-state index contributed by atoms with van der Waals surface area (Å²) >= 11 is 0. The molecule has 1 aromatic carbocycles. The van der Waals surface area contributed by atoms with Gasteiger partial charge in [-0.1, -0.05) is 37.3 Å². The van der Waals surface area contributed by atoms with Gasteiger partial charge >= 0.3 is 6.09 Å². The van der Waals surface area contributed by atoms with Gasteiger partial charge in [0.1, 0.15) is 11.6 Å². The number of hydrogen-bond acceptors (Lipinski definition) is 14. The molecule has 5 unspecified atom stereocenters. The van der Waals surface area contributed by atoms with Crippen molar-refractivity contribution < 1.29 is 53.0 Å². The van der Waals surface area contributed by atoms with Crippen LogP contribution in [-0.2, 0) is 44.4 Å². The summed E-state index contributed by atoms with van der Waals surface area (Å²) in [4.78, 5) is 37.8. The largest absolute Gasteiger partial charge is 0.444 e. The van der Waals surface area contributed by atoms with Crippen LogP contribution < -0.4 is 27.5 Å². The van der Waals surface area contributed by atoms with Gasteiger partial charge in [0.25, 0.3) is 0 Å². The molecule has 17 heteroatoms. The standard InChI is InChI=1S/C42H72N6O11/c1-6-10-32(7-2)39(51)47-37(11-8-9-17-46-41(53)59-42(3,4)5)40(52)45-18-21-54-23-25-56-26-24-55-22-19-48(44)29-36(43)33-14-12-31(13-15-33)16-20-57-38-28-34(50)27-35(30-49)58-38/h6,12-15,29,32,34-35,37-38,49-50H,1,7-11,16-28,30,43-44H2,2-5H3,(H,45,52)(H,46,53)(H,47,51)/b36-29-. The Labute approximate surface area is 350 Å². The third-order valence-corrected chi connectivity index (χ3v) is 9.15. The lowest BCUT2D eigenvalue weighted by molar-refractivity contribution is -0.221. The predicted octanol–water partition coefficient (Wildman–Crippen LogP) is 2.48. The fourth-order valence-corrected chi connectivity index (χ4v) is 5.94. The van der Waals surface area contributed by atoms with Crippen molar-refractivity contribution in [3.05, 3.63) is 54.2 Å². The van der Waals surface area contributed by atoms with E-state index < -0.39 is 36.2 Å². The molecule has 1 heterocycles. The highest BCUT2D eigenvalue weighted by Crippen LogP contribution is 2.21. The quantitative estimate of drug-likeness (QED) is 0.0255. The lowest BCUT2D eigenvalue weighted by atomic mass is 10.00. The van der Waals surface area contributed by atoms with Gasteiger partial charge in [-0.05, 0) is 70.4 Å². The number of carbonyl (C=O) groups excluding carboxylic acids is 3. The Balaban J connectivity index is 1.57. The van der Waals surface area contributed by atoms with Crippen molar-refractivity contribution in [2.45, 2.75) is 109 Å². The molecule has 1 aliphatic rings. The second-order valence-electron chi connectivity index (χ2n) is 15.4. The number of nitrogens with one attached hydrogen (secondary N) is 3. The van der Waals surface area contributed by atoms with Crippen molar-refractivity contribution in [1.82, 2.24) is 21.0 Å². The minimum Gasteiger partial charge on any atom is -0.444 e. The van der Waals surface area contributed by atoms with Gasteiger partial charge in [0.05, 0.1) is 77.3 Å². The number of hydrazine groups is 1. The van der Waals surface area contributed by atoms with Crippen molar-refractivity contribution in [3.63, 3.8) is 0 Å². The molecule has 17 nitrogen and oxygen atoms in total. The summed E-state index contributed by atoms with van der Waals surface area (Å²) in [5.41, 5.74) is 8.06. The summed E-state index contributed by atoms with van der Waals surface area (Å²) in [5.74, 6) is 5.35. The molecule has 0 spiro atoms. The molecule has 1 aromatic rings. The normalized spacial score (nSPS) is 18.1. The Bertz CT molecular complexity index is 1380. The number of allylic oxidation sites excluding steroid dienone is 1. The first kappa shape index (κ1) is 51.3. The molecule has 5 atom stereocenters. The van der Waals surface area contributed by atoms with Crippen LogP contribution in [0.1, 0.15) is 83.8 Å². The monoisotopic (exact) mass is 837 g/mol. The van der Waals surface area contributed by atoms with Gasteiger partial charge in [0, 0.05) is 38.0 Å². The molecule has 2 rings (SSSR count). The van der Waals surface area contributed by atoms with E-state index in [4.69, 9.17) is 40.0 Å². The summed E-state index contributed by atoms with van der Waals surface area (Å²) in [6, 6.07) is 7.04. The Hall–Kier alpha value is -3.81. The van der Waals surface area contributed by atoms with Crippen LogP contribution in [0.25, 0.3) is 5.70 Å². The van der Waals surface area contributed by atoms with E-state index in [1.807, 2.05) is 31.2 Å². The first-order valence-electron chi connectivity index (χ1n) is 20.8. The van der Waals surface area contributed by atoms with Gasteiger partial charge in [0.15, 0.2) is 6.29 Å². The van der Waals surface area contributed by atoms with Crippen molar-refractivity contribution in [2.24, 2.45) is 17.5 Å². The molecule has 1 saturated heterocycles. The first-order valence-corrected chi connectivity index (χ1v) is 20.8. The van der Waals surface area contributed by atoms with E-state index in [1.165, 1.54) is 5.01 Å². The summed E-state index contributed by atoms with van der Waals surface area (Å²) in [6.45, 7) is 14.5. The van der Waals surface area contributed by atoms with Crippen LogP contribution in [0, 0.1) is 5.92 Å². The highest BCUT2D eigenvalue weighted by atomic mass is 16.7. The molecule has 0 bridgehead atoms. The molecule has 1 aliphatic heterocycles. The second-order valence-corrected chi connectivity index (χ2v) is 15.4. The molecular weight excluding hydrogens is 764 g/mol. The van der Waals surface area contributed by atoms with Crippen LogP contribution in [0.3, 0.4) is 0 Å². The van der Waals surface area contributed by atoms with Crippen molar-refractivity contribution in [2.75, 3.05) is 72.5 Å². The number of unbranched alkanes of at least 4 members (excludes halogenated alkanes) is 1. The SMILES string of the molecule is C=CCC(CC)C(=O)NC(CCCCNC(=O)OC(C)(C)C)C(=O)NCCOCCOCCOCCN(N)/C=C(\N)c1ccc(CCOC2CC(O)CC(CO)O2)cc1. The first-order chi connectivity index (χ1) is 28.2. The zero-order chi connectivity index (χ0) is 43.5. The van der Waals surface area contributed by atoms with E-state index in [1.54, 1.807) is 33.0 Å². The van der Waals surface area contributed by atoms with Crippen LogP contribution in [0.2, 0.25) is 0 Å². The summed E-state index contributed by atoms with van der Waals surface area (Å²) < 4.78 is 33.4. The van der Waals surface area contributed by atoms with Crippen molar-refractivity contribution in [3.8, 4) is 0 Å².